The maximum Gasteiger partial charge on any atom is 0.0644 e. The summed E-state index contributed by atoms with van der Waals surface area (Å²) in [4.78, 5) is 7.06. The summed E-state index contributed by atoms with van der Waals surface area (Å²) in [5.74, 6) is 0. The summed E-state index contributed by atoms with van der Waals surface area (Å²) < 4.78 is 0. The molecule has 0 unspecified atom stereocenters. The Morgan fingerprint density at radius 2 is 0.759 bits per heavy atom. The highest BCUT2D eigenvalue weighted by Crippen LogP contribution is 2.53. The monoisotopic (exact) mass is 746 g/mol. The largest absolute Gasteiger partial charge is 0.309 e. The van der Waals surface area contributed by atoms with E-state index in [9.17, 15) is 0 Å². The molecule has 0 aliphatic heterocycles. The zero-order valence-corrected chi connectivity index (χ0v) is 34.1. The number of benzene rings is 7. The molecule has 0 amide bonds. The summed E-state index contributed by atoms with van der Waals surface area (Å²) in [6, 6.07) is 59.4. The van der Waals surface area contributed by atoms with Crippen LogP contribution in [-0.4, -0.2) is 4.98 Å². The SMILES string of the molecule is CC1(C)c2ccccc2-c2ccc(-c3cc(-c4ccc5c(c4)C(C)(C)c4ccccc4-5)cc(N(c4cccnc4)c4ccc5c(c4)C(C)(C)c4ccccc4-5)c3)cc21. The quantitative estimate of drug-likeness (QED) is 0.174. The zero-order chi connectivity index (χ0) is 39.6. The number of rotatable bonds is 5. The molecule has 1 heterocycles. The second-order valence-corrected chi connectivity index (χ2v) is 18.1. The van der Waals surface area contributed by atoms with E-state index < -0.39 is 0 Å². The van der Waals surface area contributed by atoms with Gasteiger partial charge in [0.2, 0.25) is 0 Å². The number of fused-ring (bicyclic) bond motifs is 9. The molecule has 7 aromatic carbocycles. The summed E-state index contributed by atoms with van der Waals surface area (Å²) >= 11 is 0. The second-order valence-electron chi connectivity index (χ2n) is 18.1. The fraction of sp³-hybridized carbons (Fsp3) is 0.161. The van der Waals surface area contributed by atoms with Crippen LogP contribution in [0.15, 0.2) is 170 Å². The topological polar surface area (TPSA) is 16.1 Å². The molecule has 58 heavy (non-hydrogen) atoms. The first kappa shape index (κ1) is 34.7. The number of hydrogen-bond acceptors (Lipinski definition) is 2. The first-order valence-electron chi connectivity index (χ1n) is 20.6. The van der Waals surface area contributed by atoms with Crippen molar-refractivity contribution in [2.75, 3.05) is 4.90 Å². The molecule has 2 heteroatoms. The highest BCUT2D eigenvalue weighted by molar-refractivity contribution is 5.91. The van der Waals surface area contributed by atoms with Gasteiger partial charge in [-0.15, -0.1) is 0 Å². The van der Waals surface area contributed by atoms with Crippen LogP contribution >= 0.6 is 0 Å². The van der Waals surface area contributed by atoms with Crippen molar-refractivity contribution in [3.8, 4) is 55.6 Å². The van der Waals surface area contributed by atoms with E-state index in [0.29, 0.717) is 0 Å². The minimum absolute atomic E-state index is 0.0977. The number of hydrogen-bond donors (Lipinski definition) is 0. The highest BCUT2D eigenvalue weighted by atomic mass is 15.1. The predicted molar refractivity (Wildman–Crippen MR) is 242 cm³/mol. The molecule has 0 fully saturated rings. The molecule has 1 aromatic heterocycles. The van der Waals surface area contributed by atoms with Crippen molar-refractivity contribution in [1.82, 2.24) is 4.98 Å². The lowest BCUT2D eigenvalue weighted by molar-refractivity contribution is 0.660. The van der Waals surface area contributed by atoms with E-state index in [1.54, 1.807) is 0 Å². The molecule has 0 radical (unpaired) electrons. The van der Waals surface area contributed by atoms with Crippen LogP contribution < -0.4 is 4.90 Å². The van der Waals surface area contributed by atoms with Crippen LogP contribution in [0.1, 0.15) is 74.9 Å². The van der Waals surface area contributed by atoms with Gasteiger partial charge in [-0.25, -0.2) is 0 Å². The average molecular weight is 747 g/mol. The summed E-state index contributed by atoms with van der Waals surface area (Å²) in [5, 5.41) is 0. The number of pyridine rings is 1. The van der Waals surface area contributed by atoms with Gasteiger partial charge in [-0.2, -0.15) is 0 Å². The Bertz CT molecular complexity index is 2860. The van der Waals surface area contributed by atoms with Crippen molar-refractivity contribution in [2.24, 2.45) is 0 Å². The summed E-state index contributed by atoms with van der Waals surface area (Å²) in [6.45, 7) is 14.2. The molecule has 11 rings (SSSR count). The molecule has 8 aromatic rings. The van der Waals surface area contributed by atoms with E-state index >= 15 is 0 Å². The number of anilines is 3. The Morgan fingerprint density at radius 1 is 0.328 bits per heavy atom. The molecular formula is C56H46N2. The molecule has 3 aliphatic carbocycles. The van der Waals surface area contributed by atoms with Gasteiger partial charge in [0.1, 0.15) is 0 Å². The highest BCUT2D eigenvalue weighted by Gasteiger charge is 2.38. The van der Waals surface area contributed by atoms with Crippen molar-refractivity contribution in [2.45, 2.75) is 57.8 Å². The van der Waals surface area contributed by atoms with Crippen LogP contribution in [0, 0.1) is 0 Å². The van der Waals surface area contributed by atoms with E-state index in [1.165, 1.54) is 89.0 Å². The molecular weight excluding hydrogens is 701 g/mol. The van der Waals surface area contributed by atoms with Crippen LogP contribution in [0.3, 0.4) is 0 Å². The zero-order valence-electron chi connectivity index (χ0n) is 34.1. The minimum atomic E-state index is -0.126. The first-order valence-corrected chi connectivity index (χ1v) is 20.6. The van der Waals surface area contributed by atoms with Crippen LogP contribution in [0.2, 0.25) is 0 Å². The van der Waals surface area contributed by atoms with Gasteiger partial charge < -0.3 is 4.90 Å². The molecule has 0 saturated heterocycles. The van der Waals surface area contributed by atoms with Crippen LogP contribution in [0.4, 0.5) is 17.1 Å². The fourth-order valence-corrected chi connectivity index (χ4v) is 10.6. The van der Waals surface area contributed by atoms with E-state index in [0.717, 1.165) is 17.1 Å². The molecule has 280 valence electrons. The molecule has 2 nitrogen and oxygen atoms in total. The summed E-state index contributed by atoms with van der Waals surface area (Å²) in [5.41, 5.74) is 24.0. The number of aromatic nitrogens is 1. The fourth-order valence-electron chi connectivity index (χ4n) is 10.6. The van der Waals surface area contributed by atoms with Gasteiger partial charge in [0, 0.05) is 33.8 Å². The van der Waals surface area contributed by atoms with Gasteiger partial charge in [0.25, 0.3) is 0 Å². The first-order chi connectivity index (χ1) is 28.0. The van der Waals surface area contributed by atoms with Gasteiger partial charge in [0.15, 0.2) is 0 Å². The lowest BCUT2D eigenvalue weighted by Crippen LogP contribution is -2.16. The third kappa shape index (κ3) is 4.94. The second kappa shape index (κ2) is 12.2. The normalized spacial score (nSPS) is 15.5. The average Bonchev–Trinajstić information content (AvgIpc) is 3.73. The molecule has 0 N–H and O–H groups in total. The van der Waals surface area contributed by atoms with E-state index in [-0.39, 0.29) is 16.2 Å². The van der Waals surface area contributed by atoms with Crippen LogP contribution in [0.25, 0.3) is 55.6 Å². The lowest BCUT2D eigenvalue weighted by Gasteiger charge is -2.29. The lowest BCUT2D eigenvalue weighted by atomic mass is 9.81. The minimum Gasteiger partial charge on any atom is -0.309 e. The Morgan fingerprint density at radius 3 is 1.22 bits per heavy atom. The van der Waals surface area contributed by atoms with Crippen molar-refractivity contribution in [3.05, 3.63) is 203 Å². The Kier molecular flexibility index (Phi) is 7.33. The summed E-state index contributed by atoms with van der Waals surface area (Å²) in [7, 11) is 0. The van der Waals surface area contributed by atoms with Crippen LogP contribution in [-0.2, 0) is 16.2 Å². The van der Waals surface area contributed by atoms with Crippen molar-refractivity contribution in [1.29, 1.82) is 0 Å². The standard InChI is InChI=1S/C56H46N2/c1-54(2)48-18-10-7-15-42(48)45-24-21-35(31-51(45)54)37-28-38(36-22-25-46-43-16-8-11-19-49(43)55(3,4)52(46)32-36)30-41(29-37)58(40-14-13-27-57-34-40)39-23-26-47-44-17-9-12-20-50(44)56(5,6)53(47)33-39/h7-34H,1-6H3. The Labute approximate surface area is 342 Å². The van der Waals surface area contributed by atoms with Crippen molar-refractivity contribution >= 4 is 17.1 Å². The Hall–Kier alpha value is -6.51. The van der Waals surface area contributed by atoms with Crippen molar-refractivity contribution < 1.29 is 0 Å². The van der Waals surface area contributed by atoms with E-state index in [4.69, 9.17) is 0 Å². The third-order valence-electron chi connectivity index (χ3n) is 13.7. The van der Waals surface area contributed by atoms with Gasteiger partial charge in [0.05, 0.1) is 11.9 Å². The molecule has 0 spiro atoms. The molecule has 0 atom stereocenters. The maximum absolute atomic E-state index is 4.66. The van der Waals surface area contributed by atoms with E-state index in [2.05, 4.69) is 203 Å². The van der Waals surface area contributed by atoms with Crippen molar-refractivity contribution in [3.63, 3.8) is 0 Å². The van der Waals surface area contributed by atoms with E-state index in [1.807, 2.05) is 18.5 Å². The summed E-state index contributed by atoms with van der Waals surface area (Å²) in [6.07, 6.45) is 3.85. The maximum atomic E-state index is 4.66. The third-order valence-corrected chi connectivity index (χ3v) is 13.7. The van der Waals surface area contributed by atoms with Gasteiger partial charge in [-0.3, -0.25) is 4.98 Å². The predicted octanol–water partition coefficient (Wildman–Crippen LogP) is 14.8. The molecule has 3 aliphatic rings. The number of nitrogens with zero attached hydrogens (tertiary/aromatic N) is 2. The van der Waals surface area contributed by atoms with Gasteiger partial charge in [-0.1, -0.05) is 145 Å². The Balaban J connectivity index is 1.13. The van der Waals surface area contributed by atoms with Gasteiger partial charge >= 0.3 is 0 Å². The smallest absolute Gasteiger partial charge is 0.0644 e. The van der Waals surface area contributed by atoms with Crippen LogP contribution in [0.5, 0.6) is 0 Å². The van der Waals surface area contributed by atoms with Gasteiger partial charge in [-0.05, 0) is 144 Å². The molecule has 0 bridgehead atoms. The molecule has 0 saturated carbocycles.